The Balaban J connectivity index is 1.46. The van der Waals surface area contributed by atoms with E-state index in [-0.39, 0.29) is 18.1 Å². The van der Waals surface area contributed by atoms with Gasteiger partial charge in [0.05, 0.1) is 17.7 Å². The molecule has 4 nitrogen and oxygen atoms in total. The molecular weight excluding hydrogens is 419 g/mol. The van der Waals surface area contributed by atoms with E-state index >= 15 is 0 Å². The highest BCUT2D eigenvalue weighted by Gasteiger charge is 2.27. The molecule has 0 saturated carbocycles. The Kier molecular flexibility index (Phi) is 6.05. The first-order chi connectivity index (χ1) is 15.0. The van der Waals surface area contributed by atoms with Crippen LogP contribution >= 0.6 is 11.6 Å². The zero-order chi connectivity index (χ0) is 21.8. The van der Waals surface area contributed by atoms with Gasteiger partial charge in [-0.25, -0.2) is 4.39 Å². The van der Waals surface area contributed by atoms with Crippen molar-refractivity contribution in [2.24, 2.45) is 0 Å². The van der Waals surface area contributed by atoms with Gasteiger partial charge in [0.1, 0.15) is 29.7 Å². The van der Waals surface area contributed by atoms with Crippen molar-refractivity contribution in [1.82, 2.24) is 0 Å². The third-order valence-corrected chi connectivity index (χ3v) is 5.07. The lowest BCUT2D eigenvalue weighted by Gasteiger charge is -2.08. The van der Waals surface area contributed by atoms with Crippen LogP contribution in [0.3, 0.4) is 0 Å². The van der Waals surface area contributed by atoms with Crippen LogP contribution in [0.5, 0.6) is 17.2 Å². The van der Waals surface area contributed by atoms with Crippen molar-refractivity contribution < 1.29 is 23.4 Å². The molecule has 0 spiro atoms. The van der Waals surface area contributed by atoms with Gasteiger partial charge < -0.3 is 14.2 Å². The summed E-state index contributed by atoms with van der Waals surface area (Å²) in [6.07, 6.45) is 5.20. The first-order valence-electron chi connectivity index (χ1n) is 9.50. The predicted molar refractivity (Wildman–Crippen MR) is 117 cm³/mol. The fourth-order valence-electron chi connectivity index (χ4n) is 3.11. The third kappa shape index (κ3) is 4.62. The Morgan fingerprint density at radius 2 is 1.94 bits per heavy atom. The van der Waals surface area contributed by atoms with Gasteiger partial charge in [-0.15, -0.1) is 0 Å². The average molecular weight is 437 g/mol. The van der Waals surface area contributed by atoms with E-state index in [4.69, 9.17) is 25.8 Å². The highest BCUT2D eigenvalue weighted by molar-refractivity contribution is 6.31. The topological polar surface area (TPSA) is 44.8 Å². The minimum absolute atomic E-state index is 0.163. The van der Waals surface area contributed by atoms with Crippen LogP contribution in [0.15, 0.2) is 78.6 Å². The van der Waals surface area contributed by atoms with E-state index in [9.17, 15) is 9.18 Å². The number of ether oxygens (including phenoxy) is 3. The molecule has 0 aromatic heterocycles. The quantitative estimate of drug-likeness (QED) is 0.429. The van der Waals surface area contributed by atoms with Gasteiger partial charge in [0, 0.05) is 17.2 Å². The molecule has 0 aliphatic carbocycles. The Labute approximate surface area is 184 Å². The smallest absolute Gasteiger partial charge is 0.231 e. The van der Waals surface area contributed by atoms with Gasteiger partial charge in [-0.3, -0.25) is 4.79 Å². The summed E-state index contributed by atoms with van der Waals surface area (Å²) in [6.45, 7) is 0.163. The number of carbonyl (C=O) groups is 1. The molecule has 31 heavy (non-hydrogen) atoms. The molecule has 0 atom stereocenters. The van der Waals surface area contributed by atoms with Crippen LogP contribution in [0.2, 0.25) is 5.02 Å². The van der Waals surface area contributed by atoms with Gasteiger partial charge in [0.25, 0.3) is 0 Å². The van der Waals surface area contributed by atoms with E-state index in [0.717, 1.165) is 11.3 Å². The molecule has 156 valence electrons. The zero-order valence-corrected chi connectivity index (χ0v) is 17.4. The number of allylic oxidation sites excluding steroid dienone is 3. The molecule has 0 N–H and O–H groups in total. The van der Waals surface area contributed by atoms with E-state index in [1.54, 1.807) is 43.5 Å². The number of benzene rings is 3. The second kappa shape index (κ2) is 9.06. The largest absolute Gasteiger partial charge is 0.496 e. The minimum Gasteiger partial charge on any atom is -0.496 e. The number of para-hydroxylation sites is 1. The summed E-state index contributed by atoms with van der Waals surface area (Å²) >= 11 is 6.03. The lowest BCUT2D eigenvalue weighted by molar-refractivity contribution is 0.101. The standard InChI is InChI=1S/C25H18ClFO4/c1-29-22-7-3-2-5-16(22)6-4-8-23-25(28)20-12-11-19(14-24(20)31-23)30-15-17-9-10-18(27)13-21(17)26/h2-14H,15H2,1H3. The molecule has 1 heterocycles. The van der Waals surface area contributed by atoms with Crippen LogP contribution in [0.4, 0.5) is 4.39 Å². The molecule has 1 aliphatic rings. The first kappa shape index (κ1) is 20.7. The lowest BCUT2D eigenvalue weighted by atomic mass is 10.1. The number of hydrogen-bond acceptors (Lipinski definition) is 4. The Hall–Kier alpha value is -3.57. The maximum atomic E-state index is 13.2. The maximum Gasteiger partial charge on any atom is 0.231 e. The van der Waals surface area contributed by atoms with Gasteiger partial charge in [-0.05, 0) is 36.4 Å². The van der Waals surface area contributed by atoms with Crippen molar-refractivity contribution in [3.05, 3.63) is 106 Å². The first-order valence-corrected chi connectivity index (χ1v) is 9.87. The summed E-state index contributed by atoms with van der Waals surface area (Å²) in [5, 5.41) is 0.291. The molecule has 0 bridgehead atoms. The number of rotatable bonds is 6. The van der Waals surface area contributed by atoms with Crippen LogP contribution < -0.4 is 14.2 Å². The number of fused-ring (bicyclic) bond motifs is 1. The van der Waals surface area contributed by atoms with E-state index in [0.29, 0.717) is 27.6 Å². The molecule has 3 aromatic rings. The Morgan fingerprint density at radius 1 is 1.10 bits per heavy atom. The molecule has 0 radical (unpaired) electrons. The molecule has 0 fully saturated rings. The predicted octanol–water partition coefficient (Wildman–Crippen LogP) is 6.24. The van der Waals surface area contributed by atoms with Crippen LogP contribution in [-0.4, -0.2) is 12.9 Å². The Bertz CT molecular complexity index is 1200. The Morgan fingerprint density at radius 3 is 2.74 bits per heavy atom. The average Bonchev–Trinajstić information content (AvgIpc) is 3.08. The molecule has 0 unspecified atom stereocenters. The molecule has 0 amide bonds. The number of hydrogen-bond donors (Lipinski definition) is 0. The minimum atomic E-state index is -0.405. The monoisotopic (exact) mass is 436 g/mol. The summed E-state index contributed by atoms with van der Waals surface area (Å²) in [6, 6.07) is 16.7. The van der Waals surface area contributed by atoms with Crippen LogP contribution in [0.1, 0.15) is 21.5 Å². The number of ketones is 1. The third-order valence-electron chi connectivity index (χ3n) is 4.71. The van der Waals surface area contributed by atoms with Crippen molar-refractivity contribution in [2.45, 2.75) is 6.61 Å². The second-order valence-corrected chi connectivity index (χ2v) is 7.15. The van der Waals surface area contributed by atoms with Gasteiger partial charge in [-0.1, -0.05) is 48.0 Å². The van der Waals surface area contributed by atoms with Gasteiger partial charge in [0.2, 0.25) is 5.78 Å². The van der Waals surface area contributed by atoms with Crippen molar-refractivity contribution in [1.29, 1.82) is 0 Å². The SMILES string of the molecule is COc1ccccc1C=CC=C1Oc2cc(OCc3ccc(F)cc3Cl)ccc2C1=O. The number of Topliss-reactive ketones (excluding diaryl/α,β-unsaturated/α-hetero) is 1. The summed E-state index contributed by atoms with van der Waals surface area (Å²) in [7, 11) is 1.61. The van der Waals surface area contributed by atoms with E-state index in [1.165, 1.54) is 12.1 Å². The highest BCUT2D eigenvalue weighted by Crippen LogP contribution is 2.34. The van der Waals surface area contributed by atoms with E-state index < -0.39 is 5.82 Å². The van der Waals surface area contributed by atoms with Crippen molar-refractivity contribution in [2.75, 3.05) is 7.11 Å². The van der Waals surface area contributed by atoms with Crippen molar-refractivity contribution in [3.8, 4) is 17.2 Å². The summed E-state index contributed by atoms with van der Waals surface area (Å²) in [5.74, 6) is 1.29. The lowest BCUT2D eigenvalue weighted by Crippen LogP contribution is -1.97. The van der Waals surface area contributed by atoms with E-state index in [2.05, 4.69) is 0 Å². The van der Waals surface area contributed by atoms with Crippen molar-refractivity contribution >= 4 is 23.5 Å². The molecule has 4 rings (SSSR count). The highest BCUT2D eigenvalue weighted by atomic mass is 35.5. The zero-order valence-electron chi connectivity index (χ0n) is 16.6. The number of carbonyl (C=O) groups excluding carboxylic acids is 1. The fraction of sp³-hybridized carbons (Fsp3) is 0.0800. The summed E-state index contributed by atoms with van der Waals surface area (Å²) < 4.78 is 29.9. The normalized spacial score (nSPS) is 14.0. The van der Waals surface area contributed by atoms with Crippen LogP contribution in [-0.2, 0) is 6.61 Å². The number of halogens is 2. The molecule has 1 aliphatic heterocycles. The number of methoxy groups -OCH3 is 1. The summed E-state index contributed by atoms with van der Waals surface area (Å²) in [5.41, 5.74) is 2.01. The summed E-state index contributed by atoms with van der Waals surface area (Å²) in [4.78, 5) is 12.6. The van der Waals surface area contributed by atoms with E-state index in [1.807, 2.05) is 30.3 Å². The fourth-order valence-corrected chi connectivity index (χ4v) is 3.34. The molecule has 6 heteroatoms. The van der Waals surface area contributed by atoms with Crippen LogP contribution in [0.25, 0.3) is 6.08 Å². The van der Waals surface area contributed by atoms with Crippen LogP contribution in [0, 0.1) is 5.82 Å². The molecule has 3 aromatic carbocycles. The maximum absolute atomic E-state index is 13.2. The van der Waals surface area contributed by atoms with Gasteiger partial charge >= 0.3 is 0 Å². The van der Waals surface area contributed by atoms with Gasteiger partial charge in [0.15, 0.2) is 5.76 Å². The molecule has 0 saturated heterocycles. The second-order valence-electron chi connectivity index (χ2n) is 6.75. The van der Waals surface area contributed by atoms with Gasteiger partial charge in [-0.2, -0.15) is 0 Å². The molecular formula is C25H18ClFO4. The van der Waals surface area contributed by atoms with Crippen molar-refractivity contribution in [3.63, 3.8) is 0 Å².